The quantitative estimate of drug-likeness (QED) is 0.646. The van der Waals surface area contributed by atoms with Gasteiger partial charge < -0.3 is 0 Å². The van der Waals surface area contributed by atoms with Crippen LogP contribution in [0.2, 0.25) is 5.02 Å². The SMILES string of the molecule is Clc1ccc(N=CC2CCCCC2)cc1. The van der Waals surface area contributed by atoms with E-state index >= 15 is 0 Å². The molecule has 1 saturated carbocycles. The molecule has 0 atom stereocenters. The van der Waals surface area contributed by atoms with E-state index in [1.807, 2.05) is 24.3 Å². The molecule has 0 N–H and O–H groups in total. The van der Waals surface area contributed by atoms with Gasteiger partial charge in [-0.2, -0.15) is 0 Å². The topological polar surface area (TPSA) is 12.4 Å². The van der Waals surface area contributed by atoms with E-state index in [1.54, 1.807) is 0 Å². The Hall–Kier alpha value is -0.820. The second-order valence-electron chi connectivity index (χ2n) is 4.15. The lowest BCUT2D eigenvalue weighted by atomic mass is 9.90. The van der Waals surface area contributed by atoms with Crippen LogP contribution >= 0.6 is 11.6 Å². The van der Waals surface area contributed by atoms with Crippen LogP contribution in [0.5, 0.6) is 0 Å². The summed E-state index contributed by atoms with van der Waals surface area (Å²) in [6.07, 6.45) is 8.83. The molecule has 0 spiro atoms. The van der Waals surface area contributed by atoms with Gasteiger partial charge in [-0.05, 0) is 43.0 Å². The van der Waals surface area contributed by atoms with E-state index < -0.39 is 0 Å². The van der Waals surface area contributed by atoms with Crippen molar-refractivity contribution >= 4 is 23.5 Å². The zero-order valence-electron chi connectivity index (χ0n) is 8.82. The second-order valence-corrected chi connectivity index (χ2v) is 4.59. The Bertz CT molecular complexity index is 323. The van der Waals surface area contributed by atoms with Crippen LogP contribution in [0.25, 0.3) is 0 Å². The van der Waals surface area contributed by atoms with Crippen molar-refractivity contribution in [2.75, 3.05) is 0 Å². The van der Waals surface area contributed by atoms with Crippen LogP contribution in [0.15, 0.2) is 29.3 Å². The third-order valence-corrected chi connectivity index (χ3v) is 3.16. The molecule has 1 aromatic carbocycles. The first-order valence-corrected chi connectivity index (χ1v) is 6.02. The number of benzene rings is 1. The first kappa shape index (κ1) is 10.7. The average Bonchev–Trinajstić information content (AvgIpc) is 2.30. The Morgan fingerprint density at radius 3 is 2.40 bits per heavy atom. The molecular formula is C13H16ClN. The maximum atomic E-state index is 5.81. The van der Waals surface area contributed by atoms with Crippen molar-refractivity contribution in [2.45, 2.75) is 32.1 Å². The number of hydrogen-bond donors (Lipinski definition) is 0. The largest absolute Gasteiger partial charge is 0.261 e. The van der Waals surface area contributed by atoms with Gasteiger partial charge in [0.15, 0.2) is 0 Å². The van der Waals surface area contributed by atoms with E-state index in [0.717, 1.165) is 10.7 Å². The molecule has 1 fully saturated rings. The predicted molar refractivity (Wildman–Crippen MR) is 66.2 cm³/mol. The monoisotopic (exact) mass is 221 g/mol. The zero-order chi connectivity index (χ0) is 10.5. The first-order chi connectivity index (χ1) is 7.34. The fourth-order valence-corrected chi connectivity index (χ4v) is 2.13. The van der Waals surface area contributed by atoms with E-state index in [9.17, 15) is 0 Å². The molecule has 1 aromatic rings. The molecule has 0 bridgehead atoms. The highest BCUT2D eigenvalue weighted by atomic mass is 35.5. The van der Waals surface area contributed by atoms with Crippen LogP contribution < -0.4 is 0 Å². The number of halogens is 1. The Kier molecular flexibility index (Phi) is 3.79. The van der Waals surface area contributed by atoms with Crippen LogP contribution in [-0.2, 0) is 0 Å². The molecule has 0 radical (unpaired) electrons. The van der Waals surface area contributed by atoms with Crippen molar-refractivity contribution in [3.05, 3.63) is 29.3 Å². The van der Waals surface area contributed by atoms with Gasteiger partial charge in [0, 0.05) is 11.2 Å². The minimum absolute atomic E-state index is 0.689. The molecule has 1 aliphatic carbocycles. The lowest BCUT2D eigenvalue weighted by Crippen LogP contribution is -2.06. The third-order valence-electron chi connectivity index (χ3n) is 2.91. The summed E-state index contributed by atoms with van der Waals surface area (Å²) in [5.41, 5.74) is 1.00. The van der Waals surface area contributed by atoms with Gasteiger partial charge in [0.2, 0.25) is 0 Å². The Morgan fingerprint density at radius 1 is 1.07 bits per heavy atom. The summed E-state index contributed by atoms with van der Waals surface area (Å²) in [7, 11) is 0. The Balaban J connectivity index is 1.95. The molecule has 0 amide bonds. The maximum Gasteiger partial charge on any atom is 0.0626 e. The van der Waals surface area contributed by atoms with Crippen LogP contribution in [0.4, 0.5) is 5.69 Å². The van der Waals surface area contributed by atoms with Crippen molar-refractivity contribution in [3.8, 4) is 0 Å². The van der Waals surface area contributed by atoms with Gasteiger partial charge in [0.25, 0.3) is 0 Å². The summed E-state index contributed by atoms with van der Waals surface area (Å²) >= 11 is 5.81. The standard InChI is InChI=1S/C13H16ClN/c14-12-6-8-13(9-7-12)15-10-11-4-2-1-3-5-11/h6-11H,1-5H2. The molecule has 0 aliphatic heterocycles. The normalized spacial score (nSPS) is 18.5. The number of hydrogen-bond acceptors (Lipinski definition) is 1. The molecule has 0 heterocycles. The molecule has 1 aliphatic rings. The highest BCUT2D eigenvalue weighted by molar-refractivity contribution is 6.30. The van der Waals surface area contributed by atoms with Gasteiger partial charge in [-0.1, -0.05) is 30.9 Å². The average molecular weight is 222 g/mol. The molecular weight excluding hydrogens is 206 g/mol. The summed E-state index contributed by atoms with van der Waals surface area (Å²) in [6, 6.07) is 7.69. The zero-order valence-corrected chi connectivity index (χ0v) is 9.58. The molecule has 0 aromatic heterocycles. The summed E-state index contributed by atoms with van der Waals surface area (Å²) in [5, 5.41) is 0.770. The molecule has 80 valence electrons. The van der Waals surface area contributed by atoms with E-state index in [4.69, 9.17) is 11.6 Å². The summed E-state index contributed by atoms with van der Waals surface area (Å²) < 4.78 is 0. The van der Waals surface area contributed by atoms with Crippen molar-refractivity contribution in [2.24, 2.45) is 10.9 Å². The smallest absolute Gasteiger partial charge is 0.0626 e. The summed E-state index contributed by atoms with van der Waals surface area (Å²) in [5.74, 6) is 0.689. The molecule has 1 nitrogen and oxygen atoms in total. The van der Waals surface area contributed by atoms with Gasteiger partial charge in [0.1, 0.15) is 0 Å². The van der Waals surface area contributed by atoms with E-state index in [0.29, 0.717) is 5.92 Å². The van der Waals surface area contributed by atoms with Crippen LogP contribution in [0.1, 0.15) is 32.1 Å². The van der Waals surface area contributed by atoms with Crippen molar-refractivity contribution in [1.82, 2.24) is 0 Å². The minimum atomic E-state index is 0.689. The number of rotatable bonds is 2. The Labute approximate surface area is 96.2 Å². The van der Waals surface area contributed by atoms with Gasteiger partial charge in [-0.25, -0.2) is 0 Å². The highest BCUT2D eigenvalue weighted by Crippen LogP contribution is 2.23. The predicted octanol–water partition coefficient (Wildman–Crippen LogP) is 4.62. The molecule has 0 unspecified atom stereocenters. The maximum absolute atomic E-state index is 5.81. The lowest BCUT2D eigenvalue weighted by molar-refractivity contribution is 0.445. The highest BCUT2D eigenvalue weighted by Gasteiger charge is 2.10. The first-order valence-electron chi connectivity index (χ1n) is 5.64. The van der Waals surface area contributed by atoms with E-state index in [2.05, 4.69) is 11.2 Å². The minimum Gasteiger partial charge on any atom is -0.261 e. The number of aliphatic imine (C=N–C) groups is 1. The molecule has 2 heteroatoms. The third kappa shape index (κ3) is 3.35. The lowest BCUT2D eigenvalue weighted by Gasteiger charge is -2.16. The summed E-state index contributed by atoms with van der Waals surface area (Å²) in [4.78, 5) is 4.49. The molecule has 0 saturated heterocycles. The van der Waals surface area contributed by atoms with Gasteiger partial charge in [0.05, 0.1) is 5.69 Å². The van der Waals surface area contributed by atoms with Crippen molar-refractivity contribution < 1.29 is 0 Å². The van der Waals surface area contributed by atoms with Crippen LogP contribution in [-0.4, -0.2) is 6.21 Å². The van der Waals surface area contributed by atoms with Gasteiger partial charge in [-0.15, -0.1) is 0 Å². The molecule has 2 rings (SSSR count). The van der Waals surface area contributed by atoms with E-state index in [-0.39, 0.29) is 0 Å². The van der Waals surface area contributed by atoms with Gasteiger partial charge >= 0.3 is 0 Å². The van der Waals surface area contributed by atoms with Crippen LogP contribution in [0, 0.1) is 5.92 Å². The fourth-order valence-electron chi connectivity index (χ4n) is 2.00. The number of nitrogens with zero attached hydrogens (tertiary/aromatic N) is 1. The van der Waals surface area contributed by atoms with E-state index in [1.165, 1.54) is 32.1 Å². The molecule has 15 heavy (non-hydrogen) atoms. The second kappa shape index (κ2) is 5.32. The summed E-state index contributed by atoms with van der Waals surface area (Å²) in [6.45, 7) is 0. The van der Waals surface area contributed by atoms with Gasteiger partial charge in [-0.3, -0.25) is 4.99 Å². The van der Waals surface area contributed by atoms with Crippen molar-refractivity contribution in [1.29, 1.82) is 0 Å². The fraction of sp³-hybridized carbons (Fsp3) is 0.462. The Morgan fingerprint density at radius 2 is 1.73 bits per heavy atom. The van der Waals surface area contributed by atoms with Crippen molar-refractivity contribution in [3.63, 3.8) is 0 Å². The van der Waals surface area contributed by atoms with Crippen LogP contribution in [0.3, 0.4) is 0 Å².